The molecule has 0 radical (unpaired) electrons. The number of thiazole rings is 1. The number of rotatable bonds is 11. The van der Waals surface area contributed by atoms with Crippen molar-refractivity contribution in [2.75, 3.05) is 30.8 Å². The molecule has 1 atom stereocenters. The Hall–Kier alpha value is -3.58. The lowest BCUT2D eigenvalue weighted by molar-refractivity contribution is -0.105. The molecule has 0 saturated carbocycles. The fraction of sp³-hybridized carbons (Fsp3) is 0.400. The molecule has 3 N–H and O–H groups in total. The van der Waals surface area contributed by atoms with Crippen LogP contribution in [0.4, 0.5) is 10.8 Å². The minimum atomic E-state index is -0.0771. The molecule has 1 heterocycles. The molecule has 0 saturated heterocycles. The van der Waals surface area contributed by atoms with Gasteiger partial charge in [0.15, 0.2) is 5.13 Å². The van der Waals surface area contributed by atoms with E-state index in [-0.39, 0.29) is 5.91 Å². The molecule has 1 aromatic heterocycles. The van der Waals surface area contributed by atoms with Crippen molar-refractivity contribution in [3.63, 3.8) is 0 Å². The third kappa shape index (κ3) is 9.59. The summed E-state index contributed by atoms with van der Waals surface area (Å²) in [6, 6.07) is 17.1. The minimum Gasteiger partial charge on any atom is -0.329 e. The van der Waals surface area contributed by atoms with Gasteiger partial charge >= 0.3 is 0 Å². The van der Waals surface area contributed by atoms with Crippen LogP contribution in [0.2, 0.25) is 0 Å². The first-order valence-electron chi connectivity index (χ1n) is 13.5. The third-order valence-electron chi connectivity index (χ3n) is 6.31. The van der Waals surface area contributed by atoms with Gasteiger partial charge in [0.25, 0.3) is 5.91 Å². The van der Waals surface area contributed by atoms with Gasteiger partial charge < -0.3 is 15.5 Å². The lowest BCUT2D eigenvalue weighted by atomic mass is 9.98. The predicted molar refractivity (Wildman–Crippen MR) is 158 cm³/mol. The summed E-state index contributed by atoms with van der Waals surface area (Å²) in [6.07, 6.45) is 5.99. The van der Waals surface area contributed by atoms with Gasteiger partial charge in [-0.2, -0.15) is 5.26 Å². The summed E-state index contributed by atoms with van der Waals surface area (Å²) in [5, 5.41) is 18.3. The number of hydrogen-bond donors (Lipinski definition) is 3. The molecule has 0 fully saturated rings. The first kappa shape index (κ1) is 30.0. The Bertz CT molecular complexity index is 1270. The number of nitrogens with one attached hydrogen (secondary N) is 3. The molecule has 1 aliphatic rings. The van der Waals surface area contributed by atoms with Crippen LogP contribution < -0.4 is 16.0 Å². The number of carbonyl (C=O) groups is 2. The van der Waals surface area contributed by atoms with Crippen LogP contribution in [0.25, 0.3) is 0 Å². The number of nitriles is 1. The highest BCUT2D eigenvalue weighted by Gasteiger charge is 2.23. The topological polar surface area (TPSA) is 110 Å². The smallest absolute Gasteiger partial charge is 0.257 e. The Morgan fingerprint density at radius 1 is 1.21 bits per heavy atom. The van der Waals surface area contributed by atoms with E-state index in [9.17, 15) is 9.59 Å². The highest BCUT2D eigenvalue weighted by molar-refractivity contribution is 7.15. The van der Waals surface area contributed by atoms with Crippen molar-refractivity contribution in [2.45, 2.75) is 58.5 Å². The number of nitrogens with zero attached hydrogens (tertiary/aromatic N) is 3. The summed E-state index contributed by atoms with van der Waals surface area (Å²) >= 11 is 1.63. The zero-order valence-electron chi connectivity index (χ0n) is 23.0. The van der Waals surface area contributed by atoms with Gasteiger partial charge in [-0.15, -0.1) is 11.3 Å². The lowest BCUT2D eigenvalue weighted by Gasteiger charge is -2.21. The van der Waals surface area contributed by atoms with Gasteiger partial charge in [-0.3, -0.25) is 14.9 Å². The Balaban J connectivity index is 0.000000320. The fourth-order valence-electron chi connectivity index (χ4n) is 4.45. The van der Waals surface area contributed by atoms with E-state index in [4.69, 9.17) is 5.26 Å². The molecule has 3 aromatic rings. The van der Waals surface area contributed by atoms with Crippen molar-refractivity contribution in [1.29, 1.82) is 5.26 Å². The van der Waals surface area contributed by atoms with E-state index < -0.39 is 0 Å². The van der Waals surface area contributed by atoms with E-state index in [2.05, 4.69) is 52.8 Å². The first-order chi connectivity index (χ1) is 18.9. The molecular formula is C30H38N6O2S. The number of anilines is 2. The van der Waals surface area contributed by atoms with E-state index in [1.54, 1.807) is 35.6 Å². The maximum atomic E-state index is 12.7. The van der Waals surface area contributed by atoms with E-state index in [0.717, 1.165) is 68.1 Å². The first-order valence-corrected chi connectivity index (χ1v) is 14.3. The van der Waals surface area contributed by atoms with E-state index in [0.29, 0.717) is 29.3 Å². The van der Waals surface area contributed by atoms with Crippen LogP contribution in [0.3, 0.4) is 0 Å². The van der Waals surface area contributed by atoms with Crippen LogP contribution in [0, 0.1) is 11.3 Å². The SMILES string of the molecule is CCCNC1CCc2nc(NC(=O)c3cccc(CN(C)CCC)c3)sc2C1.N#Cc1cccc(NC=O)c1. The monoisotopic (exact) mass is 546 g/mol. The van der Waals surface area contributed by atoms with Crippen LogP contribution in [-0.4, -0.2) is 48.4 Å². The van der Waals surface area contributed by atoms with Crippen molar-refractivity contribution < 1.29 is 9.59 Å². The van der Waals surface area contributed by atoms with Crippen LogP contribution in [0.15, 0.2) is 48.5 Å². The molecular weight excluding hydrogens is 508 g/mol. The quantitative estimate of drug-likeness (QED) is 0.285. The number of benzene rings is 2. The number of aromatic nitrogens is 1. The highest BCUT2D eigenvalue weighted by atomic mass is 32.1. The Kier molecular flexibility index (Phi) is 12.1. The Morgan fingerprint density at radius 2 is 2.03 bits per heavy atom. The molecule has 2 aromatic carbocycles. The molecule has 0 bridgehead atoms. The second kappa shape index (κ2) is 15.7. The van der Waals surface area contributed by atoms with Gasteiger partial charge in [0.2, 0.25) is 6.41 Å². The molecule has 0 spiro atoms. The Morgan fingerprint density at radius 3 is 2.77 bits per heavy atom. The number of hydrogen-bond acceptors (Lipinski definition) is 7. The molecule has 0 aliphatic heterocycles. The molecule has 9 heteroatoms. The standard InChI is InChI=1S/C22H32N4OS.C8H6N2O/c1-4-11-23-18-9-10-19-20(14-18)28-22(24-19)25-21(27)17-8-6-7-16(13-17)15-26(3)12-5-2;9-5-7-2-1-3-8(4-7)10-6-11/h6-8,13,18,23H,4-5,9-12,14-15H2,1-3H3,(H,24,25,27);1-4,6H,(H,10,11). The van der Waals surface area contributed by atoms with Gasteiger partial charge in [0, 0.05) is 28.7 Å². The van der Waals surface area contributed by atoms with Gasteiger partial charge in [-0.25, -0.2) is 4.98 Å². The van der Waals surface area contributed by atoms with Crippen LogP contribution in [0.1, 0.15) is 65.2 Å². The maximum absolute atomic E-state index is 12.7. The van der Waals surface area contributed by atoms with Crippen molar-refractivity contribution in [3.8, 4) is 6.07 Å². The largest absolute Gasteiger partial charge is 0.329 e. The minimum absolute atomic E-state index is 0.0771. The van der Waals surface area contributed by atoms with Crippen molar-refractivity contribution in [2.24, 2.45) is 0 Å². The molecule has 206 valence electrons. The average molecular weight is 547 g/mol. The summed E-state index contributed by atoms with van der Waals surface area (Å²) in [5.41, 5.74) is 4.19. The maximum Gasteiger partial charge on any atom is 0.257 e. The van der Waals surface area contributed by atoms with Crippen molar-refractivity contribution in [1.82, 2.24) is 15.2 Å². The number of aryl methyl sites for hydroxylation is 1. The van der Waals surface area contributed by atoms with Gasteiger partial charge in [-0.1, -0.05) is 32.0 Å². The second-order valence-electron chi connectivity index (χ2n) is 9.63. The summed E-state index contributed by atoms with van der Waals surface area (Å²) in [5.74, 6) is -0.0771. The van der Waals surface area contributed by atoms with Crippen LogP contribution >= 0.6 is 11.3 Å². The number of fused-ring (bicyclic) bond motifs is 1. The van der Waals surface area contributed by atoms with E-state index in [1.165, 1.54) is 4.88 Å². The average Bonchev–Trinajstić information content (AvgIpc) is 3.34. The summed E-state index contributed by atoms with van der Waals surface area (Å²) in [4.78, 5) is 31.0. The second-order valence-corrected chi connectivity index (χ2v) is 10.7. The normalized spacial score (nSPS) is 14.0. The zero-order valence-corrected chi connectivity index (χ0v) is 23.8. The Labute approximate surface area is 235 Å². The van der Waals surface area contributed by atoms with E-state index >= 15 is 0 Å². The lowest BCUT2D eigenvalue weighted by Crippen LogP contribution is -2.34. The zero-order chi connectivity index (χ0) is 28.0. The van der Waals surface area contributed by atoms with Crippen molar-refractivity contribution in [3.05, 3.63) is 75.8 Å². The predicted octanol–water partition coefficient (Wildman–Crippen LogP) is 5.22. The van der Waals surface area contributed by atoms with Crippen molar-refractivity contribution >= 4 is 34.5 Å². The van der Waals surface area contributed by atoms with Gasteiger partial charge in [-0.05, 0) is 88.1 Å². The molecule has 8 nitrogen and oxygen atoms in total. The van der Waals surface area contributed by atoms with E-state index in [1.807, 2.05) is 24.3 Å². The fourth-order valence-corrected chi connectivity index (χ4v) is 5.53. The molecule has 4 rings (SSSR count). The number of carbonyl (C=O) groups excluding carboxylic acids is 2. The molecule has 39 heavy (non-hydrogen) atoms. The van der Waals surface area contributed by atoms with Crippen LogP contribution in [0.5, 0.6) is 0 Å². The van der Waals surface area contributed by atoms with Gasteiger partial charge in [0.1, 0.15) is 0 Å². The van der Waals surface area contributed by atoms with Crippen LogP contribution in [-0.2, 0) is 24.2 Å². The summed E-state index contributed by atoms with van der Waals surface area (Å²) in [6.45, 7) is 7.34. The molecule has 1 aliphatic carbocycles. The number of amides is 2. The summed E-state index contributed by atoms with van der Waals surface area (Å²) in [7, 11) is 2.11. The highest BCUT2D eigenvalue weighted by Crippen LogP contribution is 2.30. The summed E-state index contributed by atoms with van der Waals surface area (Å²) < 4.78 is 0. The third-order valence-corrected chi connectivity index (χ3v) is 7.34. The van der Waals surface area contributed by atoms with Gasteiger partial charge in [0.05, 0.1) is 17.3 Å². The molecule has 2 amide bonds. The molecule has 1 unspecified atom stereocenters.